The maximum absolute atomic E-state index is 11.9. The Morgan fingerprint density at radius 1 is 1.14 bits per heavy atom. The minimum absolute atomic E-state index is 0.110. The first kappa shape index (κ1) is 16.4. The Hall–Kier alpha value is -0.950. The van der Waals surface area contributed by atoms with E-state index >= 15 is 0 Å². The van der Waals surface area contributed by atoms with Gasteiger partial charge in [-0.1, -0.05) is 30.3 Å². The van der Waals surface area contributed by atoms with Gasteiger partial charge in [-0.15, -0.1) is 0 Å². The molecule has 0 saturated carbocycles. The van der Waals surface area contributed by atoms with Crippen molar-refractivity contribution in [2.75, 3.05) is 45.5 Å². The van der Waals surface area contributed by atoms with Crippen molar-refractivity contribution in [3.05, 3.63) is 35.9 Å². The summed E-state index contributed by atoms with van der Waals surface area (Å²) < 4.78 is 26.7. The molecule has 0 amide bonds. The highest BCUT2D eigenvalue weighted by Gasteiger charge is 2.22. The topological polar surface area (TPSA) is 52.7 Å². The van der Waals surface area contributed by atoms with Gasteiger partial charge in [-0.3, -0.25) is 4.90 Å². The fraction of sp³-hybridized carbons (Fsp3) is 0.600. The van der Waals surface area contributed by atoms with E-state index in [0.29, 0.717) is 0 Å². The Bertz CT molecular complexity index is 525. The molecular weight excluding hydrogens is 286 g/mol. The summed E-state index contributed by atoms with van der Waals surface area (Å²) in [7, 11) is -1.10. The maximum atomic E-state index is 11.9. The predicted molar refractivity (Wildman–Crippen MR) is 85.7 cm³/mol. The molecule has 1 fully saturated rings. The number of likely N-dealkylation sites (N-methyl/N-ethyl adjacent to an activating group) is 1. The number of sulfonamides is 1. The van der Waals surface area contributed by atoms with E-state index < -0.39 is 10.0 Å². The van der Waals surface area contributed by atoms with Gasteiger partial charge < -0.3 is 4.90 Å². The molecule has 5 nitrogen and oxygen atoms in total. The summed E-state index contributed by atoms with van der Waals surface area (Å²) in [6, 6.07) is 9.64. The second kappa shape index (κ2) is 7.35. The van der Waals surface area contributed by atoms with Gasteiger partial charge in [-0.2, -0.15) is 0 Å². The summed E-state index contributed by atoms with van der Waals surface area (Å²) >= 11 is 0. The molecule has 2 rings (SSSR count). The second-order valence-electron chi connectivity index (χ2n) is 5.59. The van der Waals surface area contributed by atoms with Crippen molar-refractivity contribution in [3.8, 4) is 0 Å². The van der Waals surface area contributed by atoms with Crippen molar-refractivity contribution < 1.29 is 8.42 Å². The number of benzene rings is 1. The van der Waals surface area contributed by atoms with E-state index in [-0.39, 0.29) is 11.8 Å². The highest BCUT2D eigenvalue weighted by atomic mass is 32.2. The SMILES string of the molecule is CCS(=O)(=O)NC(CN1CCN(C)CC1)c1ccccc1. The highest BCUT2D eigenvalue weighted by molar-refractivity contribution is 7.89. The third-order valence-corrected chi connectivity index (χ3v) is 5.34. The van der Waals surface area contributed by atoms with Crippen LogP contribution in [0.3, 0.4) is 0 Å². The molecule has 118 valence electrons. The summed E-state index contributed by atoms with van der Waals surface area (Å²) in [6.45, 7) is 6.41. The van der Waals surface area contributed by atoms with E-state index in [0.717, 1.165) is 38.3 Å². The van der Waals surface area contributed by atoms with E-state index in [1.807, 2.05) is 30.3 Å². The molecular formula is C15H25N3O2S. The van der Waals surface area contributed by atoms with Gasteiger partial charge >= 0.3 is 0 Å². The van der Waals surface area contributed by atoms with Crippen LogP contribution in [0.5, 0.6) is 0 Å². The van der Waals surface area contributed by atoms with Gasteiger partial charge in [-0.25, -0.2) is 13.1 Å². The molecule has 1 unspecified atom stereocenters. The summed E-state index contributed by atoms with van der Waals surface area (Å²) in [5, 5.41) is 0. The molecule has 1 heterocycles. The smallest absolute Gasteiger partial charge is 0.211 e. The molecule has 1 aliphatic heterocycles. The molecule has 1 aromatic carbocycles. The van der Waals surface area contributed by atoms with Gasteiger partial charge in [0.05, 0.1) is 11.8 Å². The Balaban J connectivity index is 2.09. The number of piperazine rings is 1. The van der Waals surface area contributed by atoms with Crippen molar-refractivity contribution in [3.63, 3.8) is 0 Å². The molecule has 0 bridgehead atoms. The first-order chi connectivity index (χ1) is 10.00. The summed E-state index contributed by atoms with van der Waals surface area (Å²) in [4.78, 5) is 4.63. The number of hydrogen-bond donors (Lipinski definition) is 1. The fourth-order valence-corrected chi connectivity index (χ4v) is 3.30. The van der Waals surface area contributed by atoms with Crippen LogP contribution < -0.4 is 4.72 Å². The van der Waals surface area contributed by atoms with Crippen molar-refractivity contribution in [2.45, 2.75) is 13.0 Å². The lowest BCUT2D eigenvalue weighted by atomic mass is 10.1. The summed E-state index contributed by atoms with van der Waals surface area (Å²) in [6.07, 6.45) is 0. The monoisotopic (exact) mass is 311 g/mol. The minimum atomic E-state index is -3.22. The van der Waals surface area contributed by atoms with Crippen molar-refractivity contribution >= 4 is 10.0 Å². The van der Waals surface area contributed by atoms with Crippen molar-refractivity contribution in [2.24, 2.45) is 0 Å². The van der Waals surface area contributed by atoms with Crippen LogP contribution in [0.15, 0.2) is 30.3 Å². The molecule has 1 aliphatic rings. The van der Waals surface area contributed by atoms with Crippen LogP contribution in [0, 0.1) is 0 Å². The normalized spacial score (nSPS) is 19.5. The number of hydrogen-bond acceptors (Lipinski definition) is 4. The highest BCUT2D eigenvalue weighted by Crippen LogP contribution is 2.16. The molecule has 1 N–H and O–H groups in total. The largest absolute Gasteiger partial charge is 0.304 e. The zero-order valence-corrected chi connectivity index (χ0v) is 13.6. The van der Waals surface area contributed by atoms with Crippen LogP contribution in [0.25, 0.3) is 0 Å². The number of nitrogens with zero attached hydrogens (tertiary/aromatic N) is 2. The van der Waals surface area contributed by atoms with Gasteiger partial charge in [-0.05, 0) is 19.5 Å². The zero-order chi connectivity index (χ0) is 15.3. The number of rotatable bonds is 6. The van der Waals surface area contributed by atoms with Gasteiger partial charge in [0.15, 0.2) is 0 Å². The Labute approximate surface area is 128 Å². The van der Waals surface area contributed by atoms with E-state index in [2.05, 4.69) is 21.6 Å². The first-order valence-electron chi connectivity index (χ1n) is 7.46. The standard InChI is InChI=1S/C15H25N3O2S/c1-3-21(19,20)16-15(14-7-5-4-6-8-14)13-18-11-9-17(2)10-12-18/h4-8,15-16H,3,9-13H2,1-2H3. The third kappa shape index (κ3) is 5.07. The molecule has 0 aromatic heterocycles. The fourth-order valence-electron chi connectivity index (χ4n) is 2.48. The maximum Gasteiger partial charge on any atom is 0.211 e. The molecule has 1 atom stereocenters. The van der Waals surface area contributed by atoms with Crippen LogP contribution in [-0.2, 0) is 10.0 Å². The van der Waals surface area contributed by atoms with Gasteiger partial charge in [0.1, 0.15) is 0 Å². The van der Waals surface area contributed by atoms with Crippen LogP contribution >= 0.6 is 0 Å². The molecule has 21 heavy (non-hydrogen) atoms. The second-order valence-corrected chi connectivity index (χ2v) is 7.63. The first-order valence-corrected chi connectivity index (χ1v) is 9.11. The van der Waals surface area contributed by atoms with Crippen LogP contribution in [-0.4, -0.2) is 63.7 Å². The molecule has 1 aromatic rings. The van der Waals surface area contributed by atoms with Gasteiger partial charge in [0.25, 0.3) is 0 Å². The average molecular weight is 311 g/mol. The summed E-state index contributed by atoms with van der Waals surface area (Å²) in [5.41, 5.74) is 1.02. The quantitative estimate of drug-likeness (QED) is 0.849. The molecule has 6 heteroatoms. The predicted octanol–water partition coefficient (Wildman–Crippen LogP) is 0.914. The zero-order valence-electron chi connectivity index (χ0n) is 12.8. The minimum Gasteiger partial charge on any atom is -0.304 e. The molecule has 0 aliphatic carbocycles. The van der Waals surface area contributed by atoms with E-state index in [1.54, 1.807) is 6.92 Å². The van der Waals surface area contributed by atoms with Crippen LogP contribution in [0.1, 0.15) is 18.5 Å². The number of nitrogens with one attached hydrogen (secondary N) is 1. The molecule has 0 spiro atoms. The van der Waals surface area contributed by atoms with Crippen LogP contribution in [0.4, 0.5) is 0 Å². The lowest BCUT2D eigenvalue weighted by molar-refractivity contribution is 0.145. The van der Waals surface area contributed by atoms with Gasteiger partial charge in [0.2, 0.25) is 10.0 Å². The Morgan fingerprint density at radius 3 is 2.33 bits per heavy atom. The van der Waals surface area contributed by atoms with E-state index in [9.17, 15) is 8.42 Å². The van der Waals surface area contributed by atoms with E-state index in [1.165, 1.54) is 0 Å². The summed E-state index contributed by atoms with van der Waals surface area (Å²) in [5.74, 6) is 0.110. The Morgan fingerprint density at radius 2 is 1.76 bits per heavy atom. The van der Waals surface area contributed by atoms with Crippen molar-refractivity contribution in [1.82, 2.24) is 14.5 Å². The van der Waals surface area contributed by atoms with Gasteiger partial charge in [0, 0.05) is 32.7 Å². The Kier molecular flexibility index (Phi) is 5.75. The average Bonchev–Trinajstić information content (AvgIpc) is 2.49. The van der Waals surface area contributed by atoms with Crippen LogP contribution in [0.2, 0.25) is 0 Å². The molecule has 1 saturated heterocycles. The van der Waals surface area contributed by atoms with Crippen molar-refractivity contribution in [1.29, 1.82) is 0 Å². The lowest BCUT2D eigenvalue weighted by Gasteiger charge is -2.34. The molecule has 0 radical (unpaired) electrons. The lowest BCUT2D eigenvalue weighted by Crippen LogP contribution is -2.48. The third-order valence-electron chi connectivity index (χ3n) is 3.94. The van der Waals surface area contributed by atoms with E-state index in [4.69, 9.17) is 0 Å².